The molecule has 1 saturated heterocycles. The van der Waals surface area contributed by atoms with Crippen LogP contribution in [0.4, 0.5) is 10.2 Å². The van der Waals surface area contributed by atoms with Gasteiger partial charge in [0.25, 0.3) is 0 Å². The Morgan fingerprint density at radius 3 is 2.71 bits per heavy atom. The van der Waals surface area contributed by atoms with E-state index < -0.39 is 15.7 Å². The Bertz CT molecular complexity index is 509. The SMILES string of the molecule is O=S1(=O)CCC(Nc2nc(Cl)ncc2F)CC1. The predicted molar refractivity (Wildman–Crippen MR) is 62.3 cm³/mol. The predicted octanol–water partition coefficient (Wildman–Crippen LogP) is 1.26. The zero-order valence-electron chi connectivity index (χ0n) is 8.86. The molecule has 0 aliphatic carbocycles. The van der Waals surface area contributed by atoms with Gasteiger partial charge >= 0.3 is 0 Å². The van der Waals surface area contributed by atoms with E-state index in [0.717, 1.165) is 6.20 Å². The maximum Gasteiger partial charge on any atom is 0.224 e. The van der Waals surface area contributed by atoms with Gasteiger partial charge < -0.3 is 5.32 Å². The minimum atomic E-state index is -2.92. The molecule has 2 rings (SSSR count). The van der Waals surface area contributed by atoms with Crippen LogP contribution in [-0.4, -0.2) is 35.9 Å². The van der Waals surface area contributed by atoms with Crippen molar-refractivity contribution in [3.8, 4) is 0 Å². The lowest BCUT2D eigenvalue weighted by Gasteiger charge is -2.23. The van der Waals surface area contributed by atoms with E-state index in [4.69, 9.17) is 11.6 Å². The standard InChI is InChI=1S/C9H11ClFN3O2S/c10-9-12-5-7(11)8(14-9)13-6-1-3-17(15,16)4-2-6/h5-6H,1-4H2,(H,12,13,14). The van der Waals surface area contributed by atoms with E-state index in [1.807, 2.05) is 0 Å². The summed E-state index contributed by atoms with van der Waals surface area (Å²) in [6, 6.07) is -0.0982. The average Bonchev–Trinajstić information content (AvgIpc) is 2.26. The van der Waals surface area contributed by atoms with E-state index in [1.54, 1.807) is 0 Å². The number of anilines is 1. The van der Waals surface area contributed by atoms with E-state index >= 15 is 0 Å². The van der Waals surface area contributed by atoms with Gasteiger partial charge in [0, 0.05) is 6.04 Å². The van der Waals surface area contributed by atoms with Crippen LogP contribution >= 0.6 is 11.6 Å². The molecule has 1 aromatic rings. The maximum atomic E-state index is 13.3. The number of nitrogens with one attached hydrogen (secondary N) is 1. The number of nitrogens with zero attached hydrogens (tertiary/aromatic N) is 2. The molecule has 0 bridgehead atoms. The van der Waals surface area contributed by atoms with Gasteiger partial charge in [0.1, 0.15) is 9.84 Å². The van der Waals surface area contributed by atoms with Gasteiger partial charge in [0.2, 0.25) is 5.28 Å². The van der Waals surface area contributed by atoms with Crippen molar-refractivity contribution in [3.05, 3.63) is 17.3 Å². The summed E-state index contributed by atoms with van der Waals surface area (Å²) in [5, 5.41) is 2.81. The first kappa shape index (κ1) is 12.5. The van der Waals surface area contributed by atoms with Crippen molar-refractivity contribution in [2.24, 2.45) is 0 Å². The summed E-state index contributed by atoms with van der Waals surface area (Å²) >= 11 is 5.56. The van der Waals surface area contributed by atoms with Crippen LogP contribution in [0.3, 0.4) is 0 Å². The Morgan fingerprint density at radius 1 is 1.41 bits per heavy atom. The molecule has 94 valence electrons. The molecule has 0 radical (unpaired) electrons. The van der Waals surface area contributed by atoms with Gasteiger partial charge in [-0.2, -0.15) is 4.98 Å². The Morgan fingerprint density at radius 2 is 2.06 bits per heavy atom. The molecule has 8 heteroatoms. The lowest BCUT2D eigenvalue weighted by Crippen LogP contribution is -2.32. The summed E-state index contributed by atoms with van der Waals surface area (Å²) in [6.07, 6.45) is 1.88. The van der Waals surface area contributed by atoms with Crippen LogP contribution in [0, 0.1) is 5.82 Å². The molecule has 0 amide bonds. The first-order valence-electron chi connectivity index (χ1n) is 5.11. The van der Waals surface area contributed by atoms with Gasteiger partial charge in [-0.05, 0) is 24.4 Å². The largest absolute Gasteiger partial charge is 0.365 e. The second-order valence-corrected chi connectivity index (χ2v) is 6.55. The monoisotopic (exact) mass is 279 g/mol. The number of sulfone groups is 1. The minimum absolute atomic E-state index is 0.0225. The van der Waals surface area contributed by atoms with Crippen LogP contribution in [0.2, 0.25) is 5.28 Å². The quantitative estimate of drug-likeness (QED) is 0.825. The molecule has 1 N–H and O–H groups in total. The van der Waals surface area contributed by atoms with E-state index in [2.05, 4.69) is 15.3 Å². The van der Waals surface area contributed by atoms with Gasteiger partial charge in [-0.15, -0.1) is 0 Å². The third-order valence-corrected chi connectivity index (χ3v) is 4.51. The second-order valence-electron chi connectivity index (χ2n) is 3.91. The highest BCUT2D eigenvalue weighted by Crippen LogP contribution is 2.19. The van der Waals surface area contributed by atoms with Gasteiger partial charge in [-0.3, -0.25) is 0 Å². The Kier molecular flexibility index (Phi) is 3.48. The third kappa shape index (κ3) is 3.26. The van der Waals surface area contributed by atoms with Crippen molar-refractivity contribution in [1.29, 1.82) is 0 Å². The normalized spacial score (nSPS) is 20.1. The molecule has 0 aromatic carbocycles. The number of rotatable bonds is 2. The van der Waals surface area contributed by atoms with Crippen LogP contribution in [0.1, 0.15) is 12.8 Å². The molecule has 17 heavy (non-hydrogen) atoms. The molecule has 1 fully saturated rings. The zero-order chi connectivity index (χ0) is 12.5. The first-order chi connectivity index (χ1) is 7.96. The van der Waals surface area contributed by atoms with Crippen LogP contribution < -0.4 is 5.32 Å². The highest BCUT2D eigenvalue weighted by Gasteiger charge is 2.24. The molecule has 0 unspecified atom stereocenters. The molecule has 0 atom stereocenters. The molecule has 1 aliphatic heterocycles. The van der Waals surface area contributed by atoms with Crippen molar-refractivity contribution in [1.82, 2.24) is 9.97 Å². The average molecular weight is 280 g/mol. The van der Waals surface area contributed by atoms with Crippen LogP contribution in [-0.2, 0) is 9.84 Å². The lowest BCUT2D eigenvalue weighted by atomic mass is 10.1. The fraction of sp³-hybridized carbons (Fsp3) is 0.556. The van der Waals surface area contributed by atoms with Crippen molar-refractivity contribution in [3.63, 3.8) is 0 Å². The van der Waals surface area contributed by atoms with E-state index in [1.165, 1.54) is 0 Å². The molecule has 1 aliphatic rings. The highest BCUT2D eigenvalue weighted by atomic mass is 35.5. The highest BCUT2D eigenvalue weighted by molar-refractivity contribution is 7.91. The Hall–Kier alpha value is -0.950. The van der Waals surface area contributed by atoms with E-state index in [9.17, 15) is 12.8 Å². The van der Waals surface area contributed by atoms with Crippen LogP contribution in [0.25, 0.3) is 0 Å². The molecule has 0 saturated carbocycles. The molecule has 2 heterocycles. The summed E-state index contributed by atoms with van der Waals surface area (Å²) in [6.45, 7) is 0. The van der Waals surface area contributed by atoms with E-state index in [-0.39, 0.29) is 28.6 Å². The fourth-order valence-corrected chi connectivity index (χ4v) is 3.30. The van der Waals surface area contributed by atoms with Gasteiger partial charge in [-0.1, -0.05) is 0 Å². The summed E-state index contributed by atoms with van der Waals surface area (Å²) in [7, 11) is -2.92. The summed E-state index contributed by atoms with van der Waals surface area (Å²) in [4.78, 5) is 7.22. The van der Waals surface area contributed by atoms with Crippen LogP contribution in [0.15, 0.2) is 6.20 Å². The van der Waals surface area contributed by atoms with Gasteiger partial charge in [-0.25, -0.2) is 17.8 Å². The topological polar surface area (TPSA) is 72.0 Å². The Balaban J connectivity index is 2.05. The summed E-state index contributed by atoms with van der Waals surface area (Å²) < 4.78 is 35.8. The summed E-state index contributed by atoms with van der Waals surface area (Å²) in [5.41, 5.74) is 0. The van der Waals surface area contributed by atoms with Crippen LogP contribution in [0.5, 0.6) is 0 Å². The minimum Gasteiger partial charge on any atom is -0.365 e. The third-order valence-electron chi connectivity index (χ3n) is 2.61. The fourth-order valence-electron chi connectivity index (χ4n) is 1.67. The number of hydrogen-bond donors (Lipinski definition) is 1. The Labute approximate surface area is 103 Å². The molecule has 1 aromatic heterocycles. The van der Waals surface area contributed by atoms with E-state index in [0.29, 0.717) is 12.8 Å². The smallest absolute Gasteiger partial charge is 0.224 e. The first-order valence-corrected chi connectivity index (χ1v) is 7.31. The summed E-state index contributed by atoms with van der Waals surface area (Å²) in [5.74, 6) is -0.340. The molecular weight excluding hydrogens is 269 g/mol. The second kappa shape index (κ2) is 4.73. The number of aromatic nitrogens is 2. The number of hydrogen-bond acceptors (Lipinski definition) is 5. The number of halogens is 2. The van der Waals surface area contributed by atoms with Crippen molar-refractivity contribution in [2.75, 3.05) is 16.8 Å². The van der Waals surface area contributed by atoms with Gasteiger partial charge in [0.05, 0.1) is 17.7 Å². The van der Waals surface area contributed by atoms with Gasteiger partial charge in [0.15, 0.2) is 11.6 Å². The van der Waals surface area contributed by atoms with Crippen molar-refractivity contribution < 1.29 is 12.8 Å². The molecule has 0 spiro atoms. The van der Waals surface area contributed by atoms with Crippen molar-refractivity contribution in [2.45, 2.75) is 18.9 Å². The maximum absolute atomic E-state index is 13.3. The molecule has 5 nitrogen and oxygen atoms in total. The van der Waals surface area contributed by atoms with Crippen molar-refractivity contribution >= 4 is 27.3 Å². The molecular formula is C9H11ClFN3O2S. The zero-order valence-corrected chi connectivity index (χ0v) is 10.4. The lowest BCUT2D eigenvalue weighted by molar-refractivity contribution is 0.555.